The van der Waals surface area contributed by atoms with Crippen molar-refractivity contribution in [2.45, 2.75) is 19.3 Å². The topological polar surface area (TPSA) is 12.0 Å². The first kappa shape index (κ1) is 13.7. The molecule has 0 atom stereocenters. The normalized spacial score (nSPS) is 10.7. The van der Waals surface area contributed by atoms with E-state index in [0.29, 0.717) is 0 Å². The third-order valence-electron chi connectivity index (χ3n) is 3.81. The number of unbranched alkanes of at least 4 members (excludes halogenated alkanes) is 1. The van der Waals surface area contributed by atoms with Crippen LogP contribution in [0.15, 0.2) is 72.8 Å². The van der Waals surface area contributed by atoms with Crippen LogP contribution < -0.4 is 5.32 Å². The van der Waals surface area contributed by atoms with Gasteiger partial charge in [0.2, 0.25) is 0 Å². The van der Waals surface area contributed by atoms with Gasteiger partial charge in [0.25, 0.3) is 0 Å². The summed E-state index contributed by atoms with van der Waals surface area (Å²) in [6, 6.07) is 25.8. The maximum atomic E-state index is 3.52. The Balaban J connectivity index is 1.46. The summed E-state index contributed by atoms with van der Waals surface area (Å²) in [5.41, 5.74) is 2.65. The van der Waals surface area contributed by atoms with E-state index in [0.717, 1.165) is 6.54 Å². The summed E-state index contributed by atoms with van der Waals surface area (Å²) in [4.78, 5) is 0. The average Bonchev–Trinajstić information content (AvgIpc) is 2.55. The lowest BCUT2D eigenvalue weighted by molar-refractivity contribution is 0.763. The molecule has 0 radical (unpaired) electrons. The molecule has 1 N–H and O–H groups in total. The fourth-order valence-electron chi connectivity index (χ4n) is 2.63. The molecule has 0 aliphatic heterocycles. The van der Waals surface area contributed by atoms with Crippen molar-refractivity contribution >= 4 is 16.5 Å². The Morgan fingerprint density at radius 2 is 1.43 bits per heavy atom. The SMILES string of the molecule is c1ccc(CCCCNc2ccc3ccccc3c2)cc1. The van der Waals surface area contributed by atoms with Crippen molar-refractivity contribution in [2.24, 2.45) is 0 Å². The number of nitrogens with one attached hydrogen (secondary N) is 1. The summed E-state index contributed by atoms with van der Waals surface area (Å²) < 4.78 is 0. The van der Waals surface area contributed by atoms with E-state index in [1.807, 2.05) is 0 Å². The largest absolute Gasteiger partial charge is 0.385 e. The van der Waals surface area contributed by atoms with Gasteiger partial charge in [-0.25, -0.2) is 0 Å². The monoisotopic (exact) mass is 275 g/mol. The Hall–Kier alpha value is -2.28. The zero-order chi connectivity index (χ0) is 14.3. The van der Waals surface area contributed by atoms with Crippen molar-refractivity contribution in [3.05, 3.63) is 78.4 Å². The standard InChI is InChI=1S/C20H21N/c1-2-8-17(9-3-1)10-6-7-15-21-20-14-13-18-11-4-5-12-19(18)16-20/h1-5,8-9,11-14,16,21H,6-7,10,15H2. The van der Waals surface area contributed by atoms with Crippen LogP contribution in [-0.4, -0.2) is 6.54 Å². The van der Waals surface area contributed by atoms with E-state index < -0.39 is 0 Å². The van der Waals surface area contributed by atoms with Gasteiger partial charge in [-0.2, -0.15) is 0 Å². The Kier molecular flexibility index (Phi) is 4.52. The second kappa shape index (κ2) is 6.94. The average molecular weight is 275 g/mol. The van der Waals surface area contributed by atoms with E-state index in [-0.39, 0.29) is 0 Å². The first-order valence-electron chi connectivity index (χ1n) is 7.68. The predicted molar refractivity (Wildman–Crippen MR) is 91.8 cm³/mol. The maximum absolute atomic E-state index is 3.52. The summed E-state index contributed by atoms with van der Waals surface area (Å²) in [6.07, 6.45) is 3.59. The Bertz CT molecular complexity index is 688. The fourth-order valence-corrected chi connectivity index (χ4v) is 2.63. The van der Waals surface area contributed by atoms with Crippen molar-refractivity contribution in [2.75, 3.05) is 11.9 Å². The first-order valence-corrected chi connectivity index (χ1v) is 7.68. The van der Waals surface area contributed by atoms with Crippen molar-refractivity contribution in [1.82, 2.24) is 0 Å². The van der Waals surface area contributed by atoms with E-state index in [1.54, 1.807) is 0 Å². The summed E-state index contributed by atoms with van der Waals surface area (Å²) in [5.74, 6) is 0. The van der Waals surface area contributed by atoms with Crippen LogP contribution in [-0.2, 0) is 6.42 Å². The molecule has 3 aromatic carbocycles. The minimum absolute atomic E-state index is 1.03. The van der Waals surface area contributed by atoms with Gasteiger partial charge in [0.05, 0.1) is 0 Å². The van der Waals surface area contributed by atoms with Crippen LogP contribution in [0, 0.1) is 0 Å². The molecule has 1 heteroatoms. The molecule has 0 saturated carbocycles. The van der Waals surface area contributed by atoms with E-state index in [2.05, 4.69) is 78.1 Å². The van der Waals surface area contributed by atoms with E-state index in [4.69, 9.17) is 0 Å². The molecule has 0 spiro atoms. The van der Waals surface area contributed by atoms with Gasteiger partial charge >= 0.3 is 0 Å². The van der Waals surface area contributed by atoms with Crippen LogP contribution in [0.3, 0.4) is 0 Å². The van der Waals surface area contributed by atoms with Gasteiger partial charge in [-0.05, 0) is 47.7 Å². The van der Waals surface area contributed by atoms with Crippen LogP contribution in [0.1, 0.15) is 18.4 Å². The smallest absolute Gasteiger partial charge is 0.0346 e. The second-order valence-corrected chi connectivity index (χ2v) is 5.43. The molecule has 0 aliphatic rings. The van der Waals surface area contributed by atoms with Gasteiger partial charge in [-0.1, -0.05) is 60.7 Å². The number of rotatable bonds is 6. The number of aryl methyl sites for hydroxylation is 1. The summed E-state index contributed by atoms with van der Waals surface area (Å²) in [6.45, 7) is 1.03. The summed E-state index contributed by atoms with van der Waals surface area (Å²) >= 11 is 0. The molecule has 0 saturated heterocycles. The third kappa shape index (κ3) is 3.85. The highest BCUT2D eigenvalue weighted by atomic mass is 14.9. The quantitative estimate of drug-likeness (QED) is 0.604. The Labute approximate surface area is 126 Å². The number of hydrogen-bond acceptors (Lipinski definition) is 1. The van der Waals surface area contributed by atoms with Gasteiger partial charge in [-0.15, -0.1) is 0 Å². The van der Waals surface area contributed by atoms with Gasteiger partial charge in [0.15, 0.2) is 0 Å². The minimum Gasteiger partial charge on any atom is -0.385 e. The van der Waals surface area contributed by atoms with Gasteiger partial charge in [0.1, 0.15) is 0 Å². The van der Waals surface area contributed by atoms with Crippen LogP contribution in [0.2, 0.25) is 0 Å². The van der Waals surface area contributed by atoms with Crippen LogP contribution >= 0.6 is 0 Å². The third-order valence-corrected chi connectivity index (χ3v) is 3.81. The molecule has 0 bridgehead atoms. The molecule has 0 fully saturated rings. The van der Waals surface area contributed by atoms with E-state index in [9.17, 15) is 0 Å². The number of hydrogen-bond donors (Lipinski definition) is 1. The molecule has 3 aromatic rings. The highest BCUT2D eigenvalue weighted by molar-refractivity contribution is 5.85. The first-order chi connectivity index (χ1) is 10.4. The van der Waals surface area contributed by atoms with E-state index >= 15 is 0 Å². The lowest BCUT2D eigenvalue weighted by Gasteiger charge is -2.08. The molecule has 0 unspecified atom stereocenters. The number of anilines is 1. The molecule has 3 rings (SSSR count). The zero-order valence-electron chi connectivity index (χ0n) is 12.3. The molecule has 21 heavy (non-hydrogen) atoms. The molecule has 1 nitrogen and oxygen atoms in total. The molecule has 0 heterocycles. The lowest BCUT2D eigenvalue weighted by Crippen LogP contribution is -2.01. The molecular weight excluding hydrogens is 254 g/mol. The van der Waals surface area contributed by atoms with Crippen molar-refractivity contribution in [1.29, 1.82) is 0 Å². The summed E-state index contributed by atoms with van der Waals surface area (Å²) in [7, 11) is 0. The fraction of sp³-hybridized carbons (Fsp3) is 0.200. The van der Waals surface area contributed by atoms with E-state index in [1.165, 1.54) is 41.3 Å². The van der Waals surface area contributed by atoms with Crippen molar-refractivity contribution < 1.29 is 0 Å². The van der Waals surface area contributed by atoms with Crippen LogP contribution in [0.5, 0.6) is 0 Å². The number of benzene rings is 3. The van der Waals surface area contributed by atoms with Crippen molar-refractivity contribution in [3.8, 4) is 0 Å². The highest BCUT2D eigenvalue weighted by Gasteiger charge is 1.96. The molecule has 0 amide bonds. The maximum Gasteiger partial charge on any atom is 0.0346 e. The highest BCUT2D eigenvalue weighted by Crippen LogP contribution is 2.18. The van der Waals surface area contributed by atoms with Gasteiger partial charge < -0.3 is 5.32 Å². The summed E-state index contributed by atoms with van der Waals surface area (Å²) in [5, 5.41) is 6.12. The van der Waals surface area contributed by atoms with Gasteiger partial charge in [-0.3, -0.25) is 0 Å². The molecular formula is C20H21N. The predicted octanol–water partition coefficient (Wildman–Crippen LogP) is 5.27. The van der Waals surface area contributed by atoms with Gasteiger partial charge in [0, 0.05) is 12.2 Å². The zero-order valence-corrected chi connectivity index (χ0v) is 12.3. The van der Waals surface area contributed by atoms with Crippen LogP contribution in [0.4, 0.5) is 5.69 Å². The molecule has 0 aliphatic carbocycles. The van der Waals surface area contributed by atoms with Crippen LogP contribution in [0.25, 0.3) is 10.8 Å². The Morgan fingerprint density at radius 1 is 0.667 bits per heavy atom. The van der Waals surface area contributed by atoms with Crippen molar-refractivity contribution in [3.63, 3.8) is 0 Å². The minimum atomic E-state index is 1.03. The second-order valence-electron chi connectivity index (χ2n) is 5.43. The molecule has 106 valence electrons. The molecule has 0 aromatic heterocycles. The number of fused-ring (bicyclic) bond motifs is 1. The lowest BCUT2D eigenvalue weighted by atomic mass is 10.1. The Morgan fingerprint density at radius 3 is 2.29 bits per heavy atom.